The quantitative estimate of drug-likeness (QED) is 0.796. The summed E-state index contributed by atoms with van der Waals surface area (Å²) in [5.74, 6) is 0.840. The molecule has 1 aromatic carbocycles. The van der Waals surface area contributed by atoms with Gasteiger partial charge in [0.1, 0.15) is 5.82 Å². The summed E-state index contributed by atoms with van der Waals surface area (Å²) in [4.78, 5) is 3.82. The molecule has 1 aliphatic rings. The standard InChI is InChI=1S/C16H15BrN4/c1-3-5-13-15(18-2)14(10-6-4-7-11(17)8-10)12-9-19-21-16(12)20-13/h4,6-9,14H,3,5H2,1H3,(H2,19,20,21). The van der Waals surface area contributed by atoms with Crippen molar-refractivity contribution in [3.05, 3.63) is 68.9 Å². The van der Waals surface area contributed by atoms with Crippen LogP contribution in [0.3, 0.4) is 0 Å². The molecule has 5 heteroatoms. The van der Waals surface area contributed by atoms with Gasteiger partial charge in [-0.1, -0.05) is 41.4 Å². The first-order chi connectivity index (χ1) is 10.2. The highest BCUT2D eigenvalue weighted by molar-refractivity contribution is 9.10. The molecule has 0 saturated heterocycles. The number of H-pyrrole nitrogens is 1. The third kappa shape index (κ3) is 2.47. The van der Waals surface area contributed by atoms with E-state index in [1.54, 1.807) is 0 Å². The summed E-state index contributed by atoms with van der Waals surface area (Å²) in [7, 11) is 0. The summed E-state index contributed by atoms with van der Waals surface area (Å²) in [6, 6.07) is 8.13. The number of aromatic amines is 1. The van der Waals surface area contributed by atoms with Crippen molar-refractivity contribution >= 4 is 21.7 Å². The van der Waals surface area contributed by atoms with Crippen molar-refractivity contribution in [3.63, 3.8) is 0 Å². The number of halogens is 1. The van der Waals surface area contributed by atoms with Gasteiger partial charge in [-0.15, -0.1) is 0 Å². The van der Waals surface area contributed by atoms with E-state index in [4.69, 9.17) is 6.57 Å². The molecular formula is C16H15BrN4. The first-order valence-electron chi connectivity index (χ1n) is 6.90. The van der Waals surface area contributed by atoms with Crippen molar-refractivity contribution in [2.75, 3.05) is 5.32 Å². The van der Waals surface area contributed by atoms with E-state index < -0.39 is 0 Å². The van der Waals surface area contributed by atoms with Crippen molar-refractivity contribution in [3.8, 4) is 0 Å². The van der Waals surface area contributed by atoms with E-state index in [1.807, 2.05) is 18.3 Å². The van der Waals surface area contributed by atoms with E-state index in [0.29, 0.717) is 0 Å². The predicted octanol–water partition coefficient (Wildman–Crippen LogP) is 4.66. The normalized spacial score (nSPS) is 17.1. The van der Waals surface area contributed by atoms with Crippen molar-refractivity contribution in [1.29, 1.82) is 0 Å². The van der Waals surface area contributed by atoms with Crippen LogP contribution in [-0.2, 0) is 0 Å². The van der Waals surface area contributed by atoms with E-state index in [1.165, 1.54) is 0 Å². The average molecular weight is 343 g/mol. The predicted molar refractivity (Wildman–Crippen MR) is 86.7 cm³/mol. The molecule has 0 radical (unpaired) electrons. The van der Waals surface area contributed by atoms with Crippen LogP contribution in [0.25, 0.3) is 4.85 Å². The highest BCUT2D eigenvalue weighted by Crippen LogP contribution is 2.42. The van der Waals surface area contributed by atoms with Crippen LogP contribution >= 0.6 is 15.9 Å². The summed E-state index contributed by atoms with van der Waals surface area (Å²) >= 11 is 3.51. The molecule has 0 bridgehead atoms. The summed E-state index contributed by atoms with van der Waals surface area (Å²) in [6.45, 7) is 9.74. The topological polar surface area (TPSA) is 45.1 Å². The Bertz CT molecular complexity index is 739. The number of benzene rings is 1. The molecule has 0 saturated carbocycles. The molecule has 0 fully saturated rings. The summed E-state index contributed by atoms with van der Waals surface area (Å²) in [5, 5.41) is 10.5. The first kappa shape index (κ1) is 13.9. The van der Waals surface area contributed by atoms with E-state index in [0.717, 1.165) is 45.7 Å². The number of allylic oxidation sites excluding steroid dienone is 2. The Kier molecular flexibility index (Phi) is 3.80. The number of aromatic nitrogens is 2. The van der Waals surface area contributed by atoms with Crippen LogP contribution in [0.1, 0.15) is 36.8 Å². The second kappa shape index (κ2) is 5.74. The highest BCUT2D eigenvalue weighted by atomic mass is 79.9. The van der Waals surface area contributed by atoms with Crippen molar-refractivity contribution in [1.82, 2.24) is 10.2 Å². The lowest BCUT2D eigenvalue weighted by atomic mass is 9.86. The van der Waals surface area contributed by atoms with Crippen molar-refractivity contribution < 1.29 is 0 Å². The summed E-state index contributed by atoms with van der Waals surface area (Å²) < 4.78 is 1.02. The number of nitrogens with one attached hydrogen (secondary N) is 2. The fourth-order valence-corrected chi connectivity index (χ4v) is 3.16. The molecule has 0 amide bonds. The maximum absolute atomic E-state index is 7.62. The van der Waals surface area contributed by atoms with Gasteiger partial charge in [-0.2, -0.15) is 5.10 Å². The van der Waals surface area contributed by atoms with Crippen LogP contribution in [0, 0.1) is 6.57 Å². The Morgan fingerprint density at radius 1 is 1.43 bits per heavy atom. The maximum atomic E-state index is 7.62. The molecule has 3 rings (SSSR count). The molecule has 0 aliphatic carbocycles. The molecule has 106 valence electrons. The second-order valence-corrected chi connectivity index (χ2v) is 5.95. The van der Waals surface area contributed by atoms with Crippen LogP contribution in [0.15, 0.2) is 46.3 Å². The second-order valence-electron chi connectivity index (χ2n) is 5.04. The van der Waals surface area contributed by atoms with E-state index in [2.05, 4.69) is 55.3 Å². The fraction of sp³-hybridized carbons (Fsp3) is 0.250. The van der Waals surface area contributed by atoms with Gasteiger partial charge in [-0.05, 0) is 24.1 Å². The van der Waals surface area contributed by atoms with E-state index in [9.17, 15) is 0 Å². The molecule has 2 N–H and O–H groups in total. The number of hydrogen-bond donors (Lipinski definition) is 2. The van der Waals surface area contributed by atoms with Crippen LogP contribution in [-0.4, -0.2) is 10.2 Å². The maximum Gasteiger partial charge on any atom is 0.196 e. The third-order valence-corrected chi connectivity index (χ3v) is 4.13. The highest BCUT2D eigenvalue weighted by Gasteiger charge is 2.31. The van der Waals surface area contributed by atoms with Gasteiger partial charge in [0, 0.05) is 15.7 Å². The fourth-order valence-electron chi connectivity index (χ4n) is 2.75. The molecular weight excluding hydrogens is 328 g/mol. The zero-order valence-electron chi connectivity index (χ0n) is 11.7. The van der Waals surface area contributed by atoms with Gasteiger partial charge in [0.2, 0.25) is 0 Å². The summed E-state index contributed by atoms with van der Waals surface area (Å²) in [5.41, 5.74) is 3.89. The lowest BCUT2D eigenvalue weighted by Crippen LogP contribution is -2.17. The minimum atomic E-state index is -0.0588. The number of rotatable bonds is 3. The minimum Gasteiger partial charge on any atom is -0.354 e. The molecule has 0 spiro atoms. The Labute approximate surface area is 132 Å². The van der Waals surface area contributed by atoms with Gasteiger partial charge in [-0.25, -0.2) is 4.85 Å². The van der Waals surface area contributed by atoms with Crippen LogP contribution in [0.2, 0.25) is 0 Å². The lowest BCUT2D eigenvalue weighted by Gasteiger charge is -2.26. The molecule has 21 heavy (non-hydrogen) atoms. The zero-order chi connectivity index (χ0) is 14.8. The summed E-state index contributed by atoms with van der Waals surface area (Å²) in [6.07, 6.45) is 3.67. The first-order valence-corrected chi connectivity index (χ1v) is 7.70. The van der Waals surface area contributed by atoms with Crippen molar-refractivity contribution in [2.24, 2.45) is 0 Å². The SMILES string of the molecule is [C-]#[N+]C1=C(CCC)Nc2[nH]ncc2C1c1cccc(Br)c1. The van der Waals surface area contributed by atoms with Crippen LogP contribution < -0.4 is 5.32 Å². The number of hydrogen-bond acceptors (Lipinski definition) is 2. The van der Waals surface area contributed by atoms with E-state index >= 15 is 0 Å². The Hall–Kier alpha value is -2.06. The van der Waals surface area contributed by atoms with E-state index in [-0.39, 0.29) is 5.92 Å². The molecule has 1 aromatic heterocycles. The third-order valence-electron chi connectivity index (χ3n) is 3.64. The molecule has 2 aromatic rings. The molecule has 4 nitrogen and oxygen atoms in total. The zero-order valence-corrected chi connectivity index (χ0v) is 13.2. The number of anilines is 1. The lowest BCUT2D eigenvalue weighted by molar-refractivity contribution is 0.845. The van der Waals surface area contributed by atoms with Crippen LogP contribution in [0.5, 0.6) is 0 Å². The molecule has 2 heterocycles. The van der Waals surface area contributed by atoms with Crippen molar-refractivity contribution in [2.45, 2.75) is 25.7 Å². The largest absolute Gasteiger partial charge is 0.354 e. The number of fused-ring (bicyclic) bond motifs is 1. The van der Waals surface area contributed by atoms with Gasteiger partial charge in [0.15, 0.2) is 5.70 Å². The number of nitrogens with zero attached hydrogens (tertiary/aromatic N) is 2. The van der Waals surface area contributed by atoms with Gasteiger partial charge >= 0.3 is 0 Å². The smallest absolute Gasteiger partial charge is 0.196 e. The molecule has 1 aliphatic heterocycles. The average Bonchev–Trinajstić information content (AvgIpc) is 2.94. The Morgan fingerprint density at radius 2 is 2.29 bits per heavy atom. The van der Waals surface area contributed by atoms with Gasteiger partial charge in [0.05, 0.1) is 18.7 Å². The Morgan fingerprint density at radius 3 is 3.00 bits per heavy atom. The Balaban J connectivity index is 2.17. The van der Waals surface area contributed by atoms with Crippen LogP contribution in [0.4, 0.5) is 5.82 Å². The minimum absolute atomic E-state index is 0.0588. The molecule has 1 unspecified atom stereocenters. The van der Waals surface area contributed by atoms with Gasteiger partial charge < -0.3 is 5.32 Å². The van der Waals surface area contributed by atoms with Gasteiger partial charge in [0.25, 0.3) is 0 Å². The monoisotopic (exact) mass is 342 g/mol. The molecule has 1 atom stereocenters. The van der Waals surface area contributed by atoms with Gasteiger partial charge in [-0.3, -0.25) is 5.10 Å².